The van der Waals surface area contributed by atoms with Crippen LogP contribution in [0.3, 0.4) is 0 Å². The minimum absolute atomic E-state index is 0.0167. The first-order chi connectivity index (χ1) is 9.02. The molecular formula is C14H21N3O2. The van der Waals surface area contributed by atoms with Crippen LogP contribution in [-0.4, -0.2) is 55.5 Å². The molecule has 0 spiro atoms. The molecule has 1 unspecified atom stereocenters. The van der Waals surface area contributed by atoms with Gasteiger partial charge in [0.05, 0.1) is 12.7 Å². The van der Waals surface area contributed by atoms with Crippen LogP contribution >= 0.6 is 0 Å². The van der Waals surface area contributed by atoms with E-state index >= 15 is 0 Å². The van der Waals surface area contributed by atoms with Gasteiger partial charge in [0.1, 0.15) is 5.75 Å². The summed E-state index contributed by atoms with van der Waals surface area (Å²) in [5.41, 5.74) is 6.93. The van der Waals surface area contributed by atoms with E-state index in [-0.39, 0.29) is 11.9 Å². The molecule has 1 fully saturated rings. The number of anilines is 1. The van der Waals surface area contributed by atoms with Crippen molar-refractivity contribution in [2.75, 3.05) is 39.5 Å². The van der Waals surface area contributed by atoms with Gasteiger partial charge in [0.15, 0.2) is 0 Å². The first-order valence-electron chi connectivity index (χ1n) is 6.46. The van der Waals surface area contributed by atoms with Gasteiger partial charge < -0.3 is 20.3 Å². The van der Waals surface area contributed by atoms with E-state index in [0.717, 1.165) is 19.6 Å². The van der Waals surface area contributed by atoms with Gasteiger partial charge >= 0.3 is 0 Å². The quantitative estimate of drug-likeness (QED) is 0.810. The third-order valence-corrected chi connectivity index (χ3v) is 3.58. The zero-order chi connectivity index (χ0) is 14.0. The van der Waals surface area contributed by atoms with E-state index in [9.17, 15) is 4.79 Å². The van der Waals surface area contributed by atoms with Gasteiger partial charge in [0.2, 0.25) is 0 Å². The molecule has 1 atom stereocenters. The van der Waals surface area contributed by atoms with Crippen LogP contribution in [0, 0.1) is 0 Å². The molecule has 1 heterocycles. The molecule has 0 bridgehead atoms. The molecule has 2 N–H and O–H groups in total. The fourth-order valence-corrected chi connectivity index (χ4v) is 2.44. The largest absolute Gasteiger partial charge is 0.497 e. The van der Waals surface area contributed by atoms with Crippen molar-refractivity contribution in [3.63, 3.8) is 0 Å². The average molecular weight is 263 g/mol. The zero-order valence-corrected chi connectivity index (χ0v) is 11.7. The van der Waals surface area contributed by atoms with Gasteiger partial charge in [-0.25, -0.2) is 0 Å². The summed E-state index contributed by atoms with van der Waals surface area (Å²) in [6.45, 7) is 4.56. The molecule has 5 nitrogen and oxygen atoms in total. The number of carbonyl (C=O) groups excluding carboxylic acids is 1. The highest BCUT2D eigenvalue weighted by molar-refractivity contribution is 5.99. The average Bonchev–Trinajstić information content (AvgIpc) is 2.38. The normalized spacial score (nSPS) is 20.4. The Morgan fingerprint density at radius 1 is 1.42 bits per heavy atom. The van der Waals surface area contributed by atoms with Crippen LogP contribution in [0.1, 0.15) is 17.3 Å². The maximum atomic E-state index is 12.6. The zero-order valence-electron chi connectivity index (χ0n) is 11.7. The summed E-state index contributed by atoms with van der Waals surface area (Å²) in [5, 5.41) is 0. The number of methoxy groups -OCH3 is 1. The first kappa shape index (κ1) is 13.7. The van der Waals surface area contributed by atoms with Crippen molar-refractivity contribution in [1.29, 1.82) is 0 Å². The topological polar surface area (TPSA) is 58.8 Å². The molecule has 1 saturated heterocycles. The van der Waals surface area contributed by atoms with Crippen LogP contribution in [0.5, 0.6) is 5.75 Å². The summed E-state index contributed by atoms with van der Waals surface area (Å²) in [5.74, 6) is 0.635. The Morgan fingerprint density at radius 2 is 2.16 bits per heavy atom. The van der Waals surface area contributed by atoms with E-state index in [1.54, 1.807) is 25.3 Å². The Labute approximate surface area is 113 Å². The van der Waals surface area contributed by atoms with Crippen LogP contribution < -0.4 is 10.5 Å². The molecule has 1 aromatic rings. The fraction of sp³-hybridized carbons (Fsp3) is 0.500. The smallest absolute Gasteiger partial charge is 0.256 e. The maximum absolute atomic E-state index is 12.6. The Morgan fingerprint density at radius 3 is 2.79 bits per heavy atom. The van der Waals surface area contributed by atoms with Crippen molar-refractivity contribution >= 4 is 11.6 Å². The molecular weight excluding hydrogens is 242 g/mol. The molecule has 0 saturated carbocycles. The van der Waals surface area contributed by atoms with Crippen molar-refractivity contribution in [3.05, 3.63) is 23.8 Å². The third-order valence-electron chi connectivity index (χ3n) is 3.58. The highest BCUT2D eigenvalue weighted by Gasteiger charge is 2.27. The van der Waals surface area contributed by atoms with Gasteiger partial charge in [-0.15, -0.1) is 0 Å². The molecule has 1 aromatic carbocycles. The van der Waals surface area contributed by atoms with Crippen LogP contribution in [0.25, 0.3) is 0 Å². The highest BCUT2D eigenvalue weighted by Crippen LogP contribution is 2.22. The number of nitrogens with two attached hydrogens (primary N) is 1. The Hall–Kier alpha value is -1.75. The Balaban J connectivity index is 2.24. The Kier molecular flexibility index (Phi) is 3.95. The van der Waals surface area contributed by atoms with E-state index in [1.807, 2.05) is 4.90 Å². The number of amides is 1. The molecule has 0 aliphatic carbocycles. The predicted octanol–water partition coefficient (Wildman–Crippen LogP) is 1.05. The fourth-order valence-electron chi connectivity index (χ4n) is 2.44. The third kappa shape index (κ3) is 2.81. The van der Waals surface area contributed by atoms with Crippen molar-refractivity contribution in [3.8, 4) is 5.75 Å². The second kappa shape index (κ2) is 5.48. The minimum Gasteiger partial charge on any atom is -0.497 e. The molecule has 0 aromatic heterocycles. The lowest BCUT2D eigenvalue weighted by Gasteiger charge is -2.38. The molecule has 5 heteroatoms. The second-order valence-electron chi connectivity index (χ2n) is 5.06. The number of hydrogen-bond donors (Lipinski definition) is 1. The highest BCUT2D eigenvalue weighted by atomic mass is 16.5. The summed E-state index contributed by atoms with van der Waals surface area (Å²) in [6, 6.07) is 5.38. The maximum Gasteiger partial charge on any atom is 0.256 e. The summed E-state index contributed by atoms with van der Waals surface area (Å²) >= 11 is 0. The lowest BCUT2D eigenvalue weighted by Crippen LogP contribution is -2.52. The van der Waals surface area contributed by atoms with Gasteiger partial charge in [-0.05, 0) is 32.2 Å². The molecule has 104 valence electrons. The number of hydrogen-bond acceptors (Lipinski definition) is 4. The van der Waals surface area contributed by atoms with Crippen molar-refractivity contribution < 1.29 is 9.53 Å². The summed E-state index contributed by atoms with van der Waals surface area (Å²) in [6.07, 6.45) is 0. The number of rotatable bonds is 2. The van der Waals surface area contributed by atoms with Gasteiger partial charge in [-0.1, -0.05) is 0 Å². The molecule has 1 aliphatic rings. The Bertz CT molecular complexity index is 476. The summed E-state index contributed by atoms with van der Waals surface area (Å²) in [7, 11) is 3.65. The van der Waals surface area contributed by atoms with Gasteiger partial charge in [-0.2, -0.15) is 0 Å². The number of likely N-dealkylation sites (N-methyl/N-ethyl adjacent to an activating group) is 1. The van der Waals surface area contributed by atoms with Gasteiger partial charge in [0, 0.05) is 31.4 Å². The van der Waals surface area contributed by atoms with E-state index in [1.165, 1.54) is 0 Å². The SMILES string of the molecule is COc1ccc(N)c(C(=O)N2CCN(C)CC2C)c1. The van der Waals surface area contributed by atoms with Crippen molar-refractivity contribution in [2.24, 2.45) is 0 Å². The standard InChI is InChI=1S/C14H21N3O2/c1-10-9-16(2)6-7-17(10)14(18)12-8-11(19-3)4-5-13(12)15/h4-5,8,10H,6-7,9,15H2,1-3H3. The minimum atomic E-state index is -0.0167. The number of carbonyl (C=O) groups is 1. The summed E-state index contributed by atoms with van der Waals surface area (Å²) < 4.78 is 5.16. The molecule has 1 aliphatic heterocycles. The molecule has 0 radical (unpaired) electrons. The monoisotopic (exact) mass is 263 g/mol. The number of benzene rings is 1. The lowest BCUT2D eigenvalue weighted by molar-refractivity contribution is 0.0534. The number of ether oxygens (including phenoxy) is 1. The van der Waals surface area contributed by atoms with Crippen LogP contribution in [-0.2, 0) is 0 Å². The van der Waals surface area contributed by atoms with E-state index in [0.29, 0.717) is 17.0 Å². The van der Waals surface area contributed by atoms with Gasteiger partial charge in [-0.3, -0.25) is 4.79 Å². The predicted molar refractivity (Wildman–Crippen MR) is 75.4 cm³/mol. The van der Waals surface area contributed by atoms with Crippen molar-refractivity contribution in [2.45, 2.75) is 13.0 Å². The lowest BCUT2D eigenvalue weighted by atomic mass is 10.1. The van der Waals surface area contributed by atoms with Gasteiger partial charge in [0.25, 0.3) is 5.91 Å². The van der Waals surface area contributed by atoms with Crippen LogP contribution in [0.4, 0.5) is 5.69 Å². The van der Waals surface area contributed by atoms with Crippen LogP contribution in [0.2, 0.25) is 0 Å². The van der Waals surface area contributed by atoms with E-state index in [4.69, 9.17) is 10.5 Å². The second-order valence-corrected chi connectivity index (χ2v) is 5.06. The molecule has 19 heavy (non-hydrogen) atoms. The molecule has 2 rings (SSSR count). The summed E-state index contributed by atoms with van der Waals surface area (Å²) in [4.78, 5) is 16.7. The first-order valence-corrected chi connectivity index (χ1v) is 6.46. The van der Waals surface area contributed by atoms with E-state index < -0.39 is 0 Å². The van der Waals surface area contributed by atoms with Crippen LogP contribution in [0.15, 0.2) is 18.2 Å². The molecule has 1 amide bonds. The van der Waals surface area contributed by atoms with E-state index in [2.05, 4.69) is 18.9 Å². The number of nitrogen functional groups attached to an aromatic ring is 1. The number of piperazine rings is 1. The number of nitrogens with zero attached hydrogens (tertiary/aromatic N) is 2. The van der Waals surface area contributed by atoms with Crippen molar-refractivity contribution in [1.82, 2.24) is 9.80 Å².